The van der Waals surface area contributed by atoms with Gasteiger partial charge in [-0.25, -0.2) is 9.97 Å². The van der Waals surface area contributed by atoms with E-state index in [1.807, 2.05) is 36.1 Å². The molecule has 6 heteroatoms. The van der Waals surface area contributed by atoms with Crippen molar-refractivity contribution in [3.63, 3.8) is 0 Å². The van der Waals surface area contributed by atoms with Gasteiger partial charge in [-0.2, -0.15) is 0 Å². The molecule has 0 unspecified atom stereocenters. The van der Waals surface area contributed by atoms with Crippen LogP contribution in [0.15, 0.2) is 36.7 Å². The topological polar surface area (TPSA) is 49.3 Å². The number of hydrogen-bond acceptors (Lipinski definition) is 5. The van der Waals surface area contributed by atoms with Crippen LogP contribution in [0.5, 0.6) is 0 Å². The highest BCUT2D eigenvalue weighted by Crippen LogP contribution is 2.31. The van der Waals surface area contributed by atoms with Crippen molar-refractivity contribution in [2.45, 2.75) is 20.3 Å². The highest BCUT2D eigenvalue weighted by atomic mass is 32.1. The first-order valence-corrected chi connectivity index (χ1v) is 9.81. The van der Waals surface area contributed by atoms with E-state index in [-0.39, 0.29) is 5.91 Å². The minimum absolute atomic E-state index is 0.116. The van der Waals surface area contributed by atoms with Gasteiger partial charge in [0.2, 0.25) is 0 Å². The van der Waals surface area contributed by atoms with Gasteiger partial charge < -0.3 is 9.80 Å². The van der Waals surface area contributed by atoms with Gasteiger partial charge in [0.15, 0.2) is 0 Å². The summed E-state index contributed by atoms with van der Waals surface area (Å²) >= 11 is 1.74. The van der Waals surface area contributed by atoms with Crippen LogP contribution >= 0.6 is 11.3 Å². The summed E-state index contributed by atoms with van der Waals surface area (Å²) in [5, 5.41) is 1.13. The maximum Gasteiger partial charge on any atom is 0.253 e. The minimum Gasteiger partial charge on any atom is -0.352 e. The fourth-order valence-electron chi connectivity index (χ4n) is 3.40. The van der Waals surface area contributed by atoms with E-state index in [0.717, 1.165) is 46.7 Å². The van der Waals surface area contributed by atoms with Crippen molar-refractivity contribution in [1.29, 1.82) is 0 Å². The number of benzene rings is 1. The normalized spacial score (nSPS) is 14.8. The highest BCUT2D eigenvalue weighted by Gasteiger charge is 2.24. The molecule has 1 fully saturated rings. The third-order valence-corrected chi connectivity index (χ3v) is 6.03. The van der Waals surface area contributed by atoms with E-state index in [1.165, 1.54) is 4.88 Å². The summed E-state index contributed by atoms with van der Waals surface area (Å²) in [7, 11) is 0. The van der Waals surface area contributed by atoms with Crippen molar-refractivity contribution < 1.29 is 4.79 Å². The molecule has 0 aliphatic carbocycles. The Kier molecular flexibility index (Phi) is 4.59. The third kappa shape index (κ3) is 3.17. The van der Waals surface area contributed by atoms with Gasteiger partial charge in [-0.3, -0.25) is 4.79 Å². The molecular weight excluding hydrogens is 344 g/mol. The molecule has 1 amide bonds. The maximum atomic E-state index is 12.7. The Morgan fingerprint density at radius 2 is 1.96 bits per heavy atom. The van der Waals surface area contributed by atoms with Crippen LogP contribution in [0.1, 0.15) is 27.7 Å². The Bertz CT molecular complexity index is 944. The molecule has 26 heavy (non-hydrogen) atoms. The lowest BCUT2D eigenvalue weighted by Gasteiger charge is -2.35. The smallest absolute Gasteiger partial charge is 0.253 e. The van der Waals surface area contributed by atoms with Gasteiger partial charge in [-0.05, 0) is 31.5 Å². The molecule has 5 nitrogen and oxygen atoms in total. The van der Waals surface area contributed by atoms with Crippen LogP contribution in [0.25, 0.3) is 10.2 Å². The highest BCUT2D eigenvalue weighted by molar-refractivity contribution is 7.18. The average molecular weight is 366 g/mol. The van der Waals surface area contributed by atoms with Crippen molar-refractivity contribution in [2.75, 3.05) is 31.1 Å². The van der Waals surface area contributed by atoms with Gasteiger partial charge in [0.1, 0.15) is 17.0 Å². The Hall–Kier alpha value is -2.47. The predicted molar refractivity (Wildman–Crippen MR) is 106 cm³/mol. The molecule has 0 N–H and O–H groups in total. The van der Waals surface area contributed by atoms with Crippen LogP contribution in [-0.2, 0) is 6.42 Å². The van der Waals surface area contributed by atoms with Crippen molar-refractivity contribution in [3.05, 3.63) is 52.7 Å². The molecule has 2 aromatic heterocycles. The summed E-state index contributed by atoms with van der Waals surface area (Å²) in [4.78, 5) is 28.3. The lowest BCUT2D eigenvalue weighted by molar-refractivity contribution is 0.0746. The first-order chi connectivity index (χ1) is 12.7. The summed E-state index contributed by atoms with van der Waals surface area (Å²) in [6.45, 7) is 7.18. The minimum atomic E-state index is 0.116. The maximum absolute atomic E-state index is 12.7. The van der Waals surface area contributed by atoms with Crippen LogP contribution in [0.2, 0.25) is 0 Å². The van der Waals surface area contributed by atoms with Crippen molar-refractivity contribution in [1.82, 2.24) is 14.9 Å². The summed E-state index contributed by atoms with van der Waals surface area (Å²) < 4.78 is 0. The molecule has 0 spiro atoms. The third-order valence-electron chi connectivity index (χ3n) is 4.84. The second kappa shape index (κ2) is 7.03. The Labute approximate surface area is 157 Å². The molecule has 1 aliphatic heterocycles. The lowest BCUT2D eigenvalue weighted by atomic mass is 10.1. The van der Waals surface area contributed by atoms with Gasteiger partial charge in [-0.15, -0.1) is 11.3 Å². The van der Waals surface area contributed by atoms with Gasteiger partial charge in [0.05, 0.1) is 5.39 Å². The number of amides is 1. The van der Waals surface area contributed by atoms with E-state index in [9.17, 15) is 4.79 Å². The number of hydrogen-bond donors (Lipinski definition) is 0. The fraction of sp³-hybridized carbons (Fsp3) is 0.350. The van der Waals surface area contributed by atoms with Gasteiger partial charge >= 0.3 is 0 Å². The van der Waals surface area contributed by atoms with E-state index in [0.29, 0.717) is 13.1 Å². The van der Waals surface area contributed by atoms with Crippen LogP contribution in [-0.4, -0.2) is 47.0 Å². The number of piperazine rings is 1. The van der Waals surface area contributed by atoms with Crippen LogP contribution < -0.4 is 4.90 Å². The Balaban J connectivity index is 1.50. The van der Waals surface area contributed by atoms with E-state index < -0.39 is 0 Å². The number of aryl methyl sites for hydroxylation is 2. The van der Waals surface area contributed by atoms with Gasteiger partial charge in [0, 0.05) is 36.6 Å². The van der Waals surface area contributed by atoms with Gasteiger partial charge in [0.25, 0.3) is 5.91 Å². The SMILES string of the molecule is CCc1cc2c(N3CCN(C(=O)c4cccc(C)c4)CC3)ncnc2s1. The van der Waals surface area contributed by atoms with Gasteiger partial charge in [-0.1, -0.05) is 24.6 Å². The Morgan fingerprint density at radius 1 is 1.15 bits per heavy atom. The molecule has 1 aromatic carbocycles. The van der Waals surface area contributed by atoms with E-state index in [4.69, 9.17) is 0 Å². The molecule has 1 aliphatic rings. The number of carbonyl (C=O) groups excluding carboxylic acids is 1. The van der Waals surface area contributed by atoms with Crippen LogP contribution in [0.3, 0.4) is 0 Å². The molecule has 0 bridgehead atoms. The molecule has 134 valence electrons. The monoisotopic (exact) mass is 366 g/mol. The second-order valence-corrected chi connectivity index (χ2v) is 7.75. The molecule has 0 saturated carbocycles. The van der Waals surface area contributed by atoms with E-state index in [1.54, 1.807) is 17.7 Å². The predicted octanol–water partition coefficient (Wildman–Crippen LogP) is 3.52. The zero-order valence-electron chi connectivity index (χ0n) is 15.1. The summed E-state index contributed by atoms with van der Waals surface area (Å²) in [6.07, 6.45) is 2.66. The number of aromatic nitrogens is 2. The molecule has 3 aromatic rings. The number of carbonyl (C=O) groups is 1. The summed E-state index contributed by atoms with van der Waals surface area (Å²) in [5.74, 6) is 1.11. The lowest BCUT2D eigenvalue weighted by Crippen LogP contribution is -2.49. The standard InChI is InChI=1S/C20H22N4OS/c1-3-16-12-17-18(21-13-22-19(17)26-16)23-7-9-24(10-8-23)20(25)15-6-4-5-14(2)11-15/h4-6,11-13H,3,7-10H2,1-2H3. The average Bonchev–Trinajstić information content (AvgIpc) is 3.11. The first kappa shape index (κ1) is 17.0. The number of thiophene rings is 1. The number of fused-ring (bicyclic) bond motifs is 1. The first-order valence-electron chi connectivity index (χ1n) is 9.00. The second-order valence-electron chi connectivity index (χ2n) is 6.63. The fourth-order valence-corrected chi connectivity index (χ4v) is 4.33. The molecule has 3 heterocycles. The molecule has 0 radical (unpaired) electrons. The summed E-state index contributed by atoms with van der Waals surface area (Å²) in [6, 6.07) is 10.0. The largest absolute Gasteiger partial charge is 0.352 e. The summed E-state index contributed by atoms with van der Waals surface area (Å²) in [5.41, 5.74) is 1.88. The van der Waals surface area contributed by atoms with E-state index >= 15 is 0 Å². The number of nitrogens with zero attached hydrogens (tertiary/aromatic N) is 4. The zero-order valence-corrected chi connectivity index (χ0v) is 15.9. The van der Waals surface area contributed by atoms with Crippen molar-refractivity contribution >= 4 is 33.3 Å². The van der Waals surface area contributed by atoms with E-state index in [2.05, 4.69) is 27.9 Å². The number of rotatable bonds is 3. The molecule has 0 atom stereocenters. The van der Waals surface area contributed by atoms with Crippen molar-refractivity contribution in [2.24, 2.45) is 0 Å². The van der Waals surface area contributed by atoms with Crippen molar-refractivity contribution in [3.8, 4) is 0 Å². The zero-order chi connectivity index (χ0) is 18.1. The Morgan fingerprint density at radius 3 is 2.69 bits per heavy atom. The molecular formula is C20H22N4OS. The molecule has 4 rings (SSSR count). The number of anilines is 1. The quantitative estimate of drug-likeness (QED) is 0.712. The van der Waals surface area contributed by atoms with Crippen LogP contribution in [0, 0.1) is 6.92 Å². The molecule has 1 saturated heterocycles. The van der Waals surface area contributed by atoms with Crippen LogP contribution in [0.4, 0.5) is 5.82 Å².